The largest absolute Gasteiger partial charge is 0.350 e. The van der Waals surface area contributed by atoms with E-state index in [2.05, 4.69) is 10.6 Å². The fourth-order valence-electron chi connectivity index (χ4n) is 3.16. The number of amides is 4. The predicted octanol–water partition coefficient (Wildman–Crippen LogP) is 2.76. The first-order chi connectivity index (χ1) is 13.8. The molecule has 0 unspecified atom stereocenters. The molecule has 29 heavy (non-hydrogen) atoms. The van der Waals surface area contributed by atoms with Crippen LogP contribution in [0.5, 0.6) is 0 Å². The molecular weight excluding hydrogens is 370 g/mol. The Labute approximate surface area is 169 Å². The van der Waals surface area contributed by atoms with Crippen LogP contribution in [-0.2, 0) is 4.79 Å². The minimum atomic E-state index is -0.394. The molecule has 150 valence electrons. The minimum absolute atomic E-state index is 0.0302. The summed E-state index contributed by atoms with van der Waals surface area (Å²) in [4.78, 5) is 50.8. The Morgan fingerprint density at radius 3 is 2.41 bits per heavy atom. The van der Waals surface area contributed by atoms with Gasteiger partial charge in [-0.05, 0) is 45.0 Å². The molecule has 1 heterocycles. The van der Waals surface area contributed by atoms with E-state index in [0.29, 0.717) is 22.4 Å². The molecule has 2 N–H and O–H groups in total. The Bertz CT molecular complexity index is 997. The van der Waals surface area contributed by atoms with E-state index < -0.39 is 11.8 Å². The number of hydrogen-bond acceptors (Lipinski definition) is 4. The Balaban J connectivity index is 1.65. The zero-order valence-electron chi connectivity index (χ0n) is 16.6. The SMILES string of the molecule is Cc1ccc2c(c1)C(=O)N(CCC(=O)Nc1ccccc1C(=O)NC(C)C)C2=O. The highest BCUT2D eigenvalue weighted by molar-refractivity contribution is 6.21. The van der Waals surface area contributed by atoms with E-state index in [1.165, 1.54) is 0 Å². The van der Waals surface area contributed by atoms with Crippen LogP contribution in [0.3, 0.4) is 0 Å². The van der Waals surface area contributed by atoms with Gasteiger partial charge in [0.1, 0.15) is 0 Å². The topological polar surface area (TPSA) is 95.6 Å². The van der Waals surface area contributed by atoms with Crippen molar-refractivity contribution in [2.45, 2.75) is 33.2 Å². The number of aryl methyl sites for hydroxylation is 1. The second-order valence-electron chi connectivity index (χ2n) is 7.28. The molecule has 2 aromatic carbocycles. The number of para-hydroxylation sites is 1. The second kappa shape index (κ2) is 8.26. The Morgan fingerprint density at radius 1 is 1.00 bits per heavy atom. The van der Waals surface area contributed by atoms with Crippen molar-refractivity contribution < 1.29 is 19.2 Å². The molecule has 2 aromatic rings. The summed E-state index contributed by atoms with van der Waals surface area (Å²) >= 11 is 0. The van der Waals surface area contributed by atoms with Gasteiger partial charge in [0.25, 0.3) is 17.7 Å². The van der Waals surface area contributed by atoms with E-state index in [1.54, 1.807) is 42.5 Å². The third-order valence-corrected chi connectivity index (χ3v) is 4.55. The average Bonchev–Trinajstić information content (AvgIpc) is 2.89. The van der Waals surface area contributed by atoms with E-state index in [0.717, 1.165) is 10.5 Å². The van der Waals surface area contributed by atoms with Gasteiger partial charge in [-0.15, -0.1) is 0 Å². The summed E-state index contributed by atoms with van der Waals surface area (Å²) < 4.78 is 0. The number of hydrogen-bond donors (Lipinski definition) is 2. The number of carbonyl (C=O) groups is 4. The fourth-order valence-corrected chi connectivity index (χ4v) is 3.16. The van der Waals surface area contributed by atoms with Crippen LogP contribution in [0.4, 0.5) is 5.69 Å². The maximum absolute atomic E-state index is 12.5. The van der Waals surface area contributed by atoms with E-state index in [1.807, 2.05) is 20.8 Å². The Morgan fingerprint density at radius 2 is 1.69 bits per heavy atom. The zero-order chi connectivity index (χ0) is 21.1. The number of nitrogens with zero attached hydrogens (tertiary/aromatic N) is 1. The molecule has 0 bridgehead atoms. The van der Waals surface area contributed by atoms with Gasteiger partial charge in [-0.1, -0.05) is 23.8 Å². The lowest BCUT2D eigenvalue weighted by molar-refractivity contribution is -0.116. The third-order valence-electron chi connectivity index (χ3n) is 4.55. The molecule has 7 heteroatoms. The monoisotopic (exact) mass is 393 g/mol. The molecular formula is C22H23N3O4. The van der Waals surface area contributed by atoms with Crippen LogP contribution < -0.4 is 10.6 Å². The maximum atomic E-state index is 12.5. The van der Waals surface area contributed by atoms with Crippen LogP contribution >= 0.6 is 0 Å². The molecule has 0 atom stereocenters. The molecule has 0 spiro atoms. The number of benzene rings is 2. The molecule has 7 nitrogen and oxygen atoms in total. The summed E-state index contributed by atoms with van der Waals surface area (Å²) in [5, 5.41) is 5.49. The van der Waals surface area contributed by atoms with Crippen LogP contribution in [0.2, 0.25) is 0 Å². The van der Waals surface area contributed by atoms with Gasteiger partial charge in [-0.3, -0.25) is 24.1 Å². The van der Waals surface area contributed by atoms with Crippen molar-refractivity contribution in [1.82, 2.24) is 10.2 Å². The molecule has 3 rings (SSSR count). The molecule has 0 saturated heterocycles. The van der Waals surface area contributed by atoms with Crippen LogP contribution in [0.25, 0.3) is 0 Å². The van der Waals surface area contributed by atoms with Gasteiger partial charge in [0.2, 0.25) is 5.91 Å². The molecule has 0 aliphatic carbocycles. The molecule has 0 aromatic heterocycles. The first kappa shape index (κ1) is 20.3. The molecule has 0 radical (unpaired) electrons. The quantitative estimate of drug-likeness (QED) is 0.738. The number of rotatable bonds is 6. The lowest BCUT2D eigenvalue weighted by Gasteiger charge is -2.15. The van der Waals surface area contributed by atoms with Gasteiger partial charge in [0.05, 0.1) is 22.4 Å². The van der Waals surface area contributed by atoms with Crippen molar-refractivity contribution in [3.05, 3.63) is 64.7 Å². The number of anilines is 1. The molecule has 0 saturated carbocycles. The lowest BCUT2D eigenvalue weighted by atomic mass is 10.1. The zero-order valence-corrected chi connectivity index (χ0v) is 16.6. The van der Waals surface area contributed by atoms with Gasteiger partial charge < -0.3 is 10.6 Å². The normalized spacial score (nSPS) is 12.9. The van der Waals surface area contributed by atoms with Crippen molar-refractivity contribution >= 4 is 29.3 Å². The van der Waals surface area contributed by atoms with Gasteiger partial charge >= 0.3 is 0 Å². The van der Waals surface area contributed by atoms with E-state index in [-0.39, 0.29) is 30.8 Å². The molecule has 0 fully saturated rings. The summed E-state index contributed by atoms with van der Waals surface area (Å²) in [5.41, 5.74) is 2.35. The first-order valence-corrected chi connectivity index (χ1v) is 9.44. The minimum Gasteiger partial charge on any atom is -0.350 e. The lowest BCUT2D eigenvalue weighted by Crippen LogP contribution is -2.33. The van der Waals surface area contributed by atoms with Crippen LogP contribution in [0, 0.1) is 6.92 Å². The second-order valence-corrected chi connectivity index (χ2v) is 7.28. The Kier molecular flexibility index (Phi) is 5.77. The van der Waals surface area contributed by atoms with Crippen molar-refractivity contribution in [1.29, 1.82) is 0 Å². The molecule has 1 aliphatic rings. The van der Waals surface area contributed by atoms with Crippen LogP contribution in [0.1, 0.15) is 56.9 Å². The highest BCUT2D eigenvalue weighted by Crippen LogP contribution is 2.24. The van der Waals surface area contributed by atoms with Gasteiger partial charge in [0.15, 0.2) is 0 Å². The summed E-state index contributed by atoms with van der Waals surface area (Å²) in [5.74, 6) is -1.46. The summed E-state index contributed by atoms with van der Waals surface area (Å²) in [6.45, 7) is 5.52. The standard InChI is InChI=1S/C22H23N3O4/c1-13(2)23-20(27)16-6-4-5-7-18(16)24-19(26)10-11-25-21(28)15-9-8-14(3)12-17(15)22(25)29/h4-9,12-13H,10-11H2,1-3H3,(H,23,27)(H,24,26). The van der Waals surface area contributed by atoms with Crippen LogP contribution in [0.15, 0.2) is 42.5 Å². The summed E-state index contributed by atoms with van der Waals surface area (Å²) in [6, 6.07) is 11.7. The maximum Gasteiger partial charge on any atom is 0.261 e. The van der Waals surface area contributed by atoms with E-state index in [9.17, 15) is 19.2 Å². The van der Waals surface area contributed by atoms with Crippen molar-refractivity contribution in [3.63, 3.8) is 0 Å². The van der Waals surface area contributed by atoms with Gasteiger partial charge in [0, 0.05) is 19.0 Å². The molecule has 4 amide bonds. The van der Waals surface area contributed by atoms with Gasteiger partial charge in [-0.25, -0.2) is 0 Å². The van der Waals surface area contributed by atoms with Crippen molar-refractivity contribution in [2.75, 3.05) is 11.9 Å². The highest BCUT2D eigenvalue weighted by Gasteiger charge is 2.35. The van der Waals surface area contributed by atoms with E-state index >= 15 is 0 Å². The summed E-state index contributed by atoms with van der Waals surface area (Å²) in [7, 11) is 0. The number of imide groups is 1. The first-order valence-electron chi connectivity index (χ1n) is 9.44. The highest BCUT2D eigenvalue weighted by atomic mass is 16.2. The Hall–Kier alpha value is -3.48. The van der Waals surface area contributed by atoms with Crippen molar-refractivity contribution in [2.24, 2.45) is 0 Å². The molecule has 1 aliphatic heterocycles. The predicted molar refractivity (Wildman–Crippen MR) is 109 cm³/mol. The average molecular weight is 393 g/mol. The van der Waals surface area contributed by atoms with E-state index in [4.69, 9.17) is 0 Å². The number of carbonyl (C=O) groups excluding carboxylic acids is 4. The smallest absolute Gasteiger partial charge is 0.261 e. The summed E-state index contributed by atoms with van der Waals surface area (Å²) in [6.07, 6.45) is -0.0649. The van der Waals surface area contributed by atoms with Gasteiger partial charge in [-0.2, -0.15) is 0 Å². The number of fused-ring (bicyclic) bond motifs is 1. The van der Waals surface area contributed by atoms with Crippen LogP contribution in [-0.4, -0.2) is 41.1 Å². The van der Waals surface area contributed by atoms with Crippen molar-refractivity contribution in [3.8, 4) is 0 Å². The fraction of sp³-hybridized carbons (Fsp3) is 0.273. The number of nitrogens with one attached hydrogen (secondary N) is 2. The third kappa shape index (κ3) is 4.34.